The molecule has 1 rings (SSSR count). The number of hydrogen-bond acceptors (Lipinski definition) is 5. The van der Waals surface area contributed by atoms with Crippen LogP contribution in [0.2, 0.25) is 0 Å². The molecule has 0 aliphatic carbocycles. The first-order valence-corrected chi connectivity index (χ1v) is 5.45. The summed E-state index contributed by atoms with van der Waals surface area (Å²) in [6.07, 6.45) is 0.768. The Bertz CT molecular complexity index is 363. The number of ether oxygens (including phenoxy) is 1. The normalized spacial score (nSPS) is 14.1. The van der Waals surface area contributed by atoms with Crippen molar-refractivity contribution in [3.63, 3.8) is 0 Å². The number of hydrogen-bond donors (Lipinski definition) is 3. The van der Waals surface area contributed by atoms with Gasteiger partial charge < -0.3 is 21.3 Å². The summed E-state index contributed by atoms with van der Waals surface area (Å²) >= 11 is 0. The molecular formula is C12H18N2O3. The molecule has 0 bridgehead atoms. The van der Waals surface area contributed by atoms with Gasteiger partial charge >= 0.3 is 5.97 Å². The lowest BCUT2D eigenvalue weighted by atomic mass is 10.1. The van der Waals surface area contributed by atoms with E-state index in [0.29, 0.717) is 5.75 Å². The SMILES string of the molecule is C[C@@H](N)Cc1ccc(OC(=O)[C@@H](N)CO)cc1. The average Bonchev–Trinajstić information content (AvgIpc) is 2.30. The van der Waals surface area contributed by atoms with E-state index in [2.05, 4.69) is 0 Å². The molecule has 0 spiro atoms. The molecule has 0 aromatic heterocycles. The van der Waals surface area contributed by atoms with Gasteiger partial charge in [0.05, 0.1) is 6.61 Å². The highest BCUT2D eigenvalue weighted by molar-refractivity contribution is 5.78. The first-order chi connectivity index (χ1) is 8.02. The minimum Gasteiger partial charge on any atom is -0.425 e. The molecule has 0 unspecified atom stereocenters. The van der Waals surface area contributed by atoms with Gasteiger partial charge in [-0.1, -0.05) is 12.1 Å². The quantitative estimate of drug-likeness (QED) is 0.487. The highest BCUT2D eigenvalue weighted by atomic mass is 16.5. The van der Waals surface area contributed by atoms with Crippen molar-refractivity contribution in [1.29, 1.82) is 0 Å². The summed E-state index contributed by atoms with van der Waals surface area (Å²) in [5.74, 6) is -0.236. The van der Waals surface area contributed by atoms with E-state index in [1.165, 1.54) is 0 Å². The Labute approximate surface area is 100 Å². The second-order valence-electron chi connectivity index (χ2n) is 4.04. The Morgan fingerprint density at radius 2 is 1.94 bits per heavy atom. The predicted molar refractivity (Wildman–Crippen MR) is 64.5 cm³/mol. The first-order valence-electron chi connectivity index (χ1n) is 5.45. The Balaban J connectivity index is 2.59. The third-order valence-electron chi connectivity index (χ3n) is 2.20. The lowest BCUT2D eigenvalue weighted by Gasteiger charge is -2.09. The van der Waals surface area contributed by atoms with E-state index in [0.717, 1.165) is 12.0 Å². The summed E-state index contributed by atoms with van der Waals surface area (Å²) < 4.78 is 4.97. The molecule has 1 aromatic carbocycles. The van der Waals surface area contributed by atoms with E-state index in [9.17, 15) is 4.79 Å². The van der Waals surface area contributed by atoms with Gasteiger partial charge in [0.1, 0.15) is 11.8 Å². The number of benzene rings is 1. The number of aliphatic hydroxyl groups excluding tert-OH is 1. The maximum absolute atomic E-state index is 11.3. The smallest absolute Gasteiger partial charge is 0.330 e. The first kappa shape index (κ1) is 13.6. The van der Waals surface area contributed by atoms with E-state index in [4.69, 9.17) is 21.3 Å². The highest BCUT2D eigenvalue weighted by Crippen LogP contribution is 2.13. The van der Waals surface area contributed by atoms with Crippen LogP contribution in [-0.2, 0) is 11.2 Å². The third-order valence-corrected chi connectivity index (χ3v) is 2.20. The summed E-state index contributed by atoms with van der Waals surface area (Å²) in [5.41, 5.74) is 12.1. The van der Waals surface area contributed by atoms with Crippen LogP contribution < -0.4 is 16.2 Å². The monoisotopic (exact) mass is 238 g/mol. The Morgan fingerprint density at radius 1 is 1.35 bits per heavy atom. The van der Waals surface area contributed by atoms with Crippen LogP contribution in [0, 0.1) is 0 Å². The van der Waals surface area contributed by atoms with Crippen LogP contribution in [0.1, 0.15) is 12.5 Å². The van der Waals surface area contributed by atoms with Crippen molar-refractivity contribution in [2.45, 2.75) is 25.4 Å². The minimum atomic E-state index is -1.00. The molecule has 94 valence electrons. The van der Waals surface area contributed by atoms with Gasteiger partial charge in [-0.3, -0.25) is 0 Å². The van der Waals surface area contributed by atoms with E-state index in [-0.39, 0.29) is 6.04 Å². The zero-order chi connectivity index (χ0) is 12.8. The fourth-order valence-corrected chi connectivity index (χ4v) is 1.33. The number of carbonyl (C=O) groups excluding carboxylic acids is 1. The van der Waals surface area contributed by atoms with Crippen LogP contribution in [0.15, 0.2) is 24.3 Å². The molecule has 0 heterocycles. The molecule has 5 heteroatoms. The van der Waals surface area contributed by atoms with Crippen molar-refractivity contribution in [2.75, 3.05) is 6.61 Å². The van der Waals surface area contributed by atoms with E-state index in [1.807, 2.05) is 19.1 Å². The lowest BCUT2D eigenvalue weighted by Crippen LogP contribution is -2.37. The van der Waals surface area contributed by atoms with Crippen molar-refractivity contribution in [3.8, 4) is 5.75 Å². The van der Waals surface area contributed by atoms with Gasteiger partial charge in [-0.05, 0) is 31.0 Å². The summed E-state index contributed by atoms with van der Waals surface area (Å²) in [5, 5.41) is 8.69. The van der Waals surface area contributed by atoms with Crippen LogP contribution in [0.25, 0.3) is 0 Å². The second kappa shape index (κ2) is 6.34. The third kappa shape index (κ3) is 4.52. The second-order valence-corrected chi connectivity index (χ2v) is 4.04. The largest absolute Gasteiger partial charge is 0.425 e. The summed E-state index contributed by atoms with van der Waals surface area (Å²) in [6.45, 7) is 1.50. The number of rotatable bonds is 5. The van der Waals surface area contributed by atoms with E-state index < -0.39 is 18.6 Å². The minimum absolute atomic E-state index is 0.0891. The van der Waals surface area contributed by atoms with Crippen molar-refractivity contribution in [2.24, 2.45) is 11.5 Å². The molecule has 0 radical (unpaired) electrons. The number of nitrogens with two attached hydrogens (primary N) is 2. The topological polar surface area (TPSA) is 98.6 Å². The molecule has 0 aliphatic heterocycles. The molecule has 0 amide bonds. The van der Waals surface area contributed by atoms with Crippen LogP contribution >= 0.6 is 0 Å². The molecule has 17 heavy (non-hydrogen) atoms. The predicted octanol–water partition coefficient (Wildman–Crippen LogP) is -0.199. The number of aliphatic hydroxyl groups is 1. The van der Waals surface area contributed by atoms with E-state index >= 15 is 0 Å². The summed E-state index contributed by atoms with van der Waals surface area (Å²) in [6, 6.07) is 6.14. The van der Waals surface area contributed by atoms with Crippen LogP contribution in [0.4, 0.5) is 0 Å². The maximum atomic E-state index is 11.3. The summed E-state index contributed by atoms with van der Waals surface area (Å²) in [7, 11) is 0. The van der Waals surface area contributed by atoms with Crippen LogP contribution in [0.5, 0.6) is 5.75 Å². The Morgan fingerprint density at radius 3 is 2.41 bits per heavy atom. The number of carbonyl (C=O) groups is 1. The molecule has 0 fully saturated rings. The molecule has 0 saturated heterocycles. The van der Waals surface area contributed by atoms with Crippen LogP contribution in [-0.4, -0.2) is 29.8 Å². The van der Waals surface area contributed by atoms with Crippen molar-refractivity contribution >= 4 is 5.97 Å². The Kier molecular flexibility index (Phi) is 5.09. The van der Waals surface area contributed by atoms with Gasteiger partial charge in [0.15, 0.2) is 0 Å². The van der Waals surface area contributed by atoms with Crippen molar-refractivity contribution in [3.05, 3.63) is 29.8 Å². The maximum Gasteiger partial charge on any atom is 0.330 e. The van der Waals surface area contributed by atoms with Gasteiger partial charge in [0, 0.05) is 6.04 Å². The molecular weight excluding hydrogens is 220 g/mol. The van der Waals surface area contributed by atoms with Gasteiger partial charge in [-0.2, -0.15) is 0 Å². The summed E-state index contributed by atoms with van der Waals surface area (Å²) in [4.78, 5) is 11.3. The molecule has 1 aromatic rings. The standard InChI is InChI=1S/C12H18N2O3/c1-8(13)6-9-2-4-10(5-3-9)17-12(16)11(14)7-15/h2-5,8,11,15H,6-7,13-14H2,1H3/t8-,11+/m1/s1. The number of esters is 1. The average molecular weight is 238 g/mol. The Hall–Kier alpha value is -1.43. The van der Waals surface area contributed by atoms with Gasteiger partial charge in [0.2, 0.25) is 0 Å². The highest BCUT2D eigenvalue weighted by Gasteiger charge is 2.14. The van der Waals surface area contributed by atoms with Crippen molar-refractivity contribution < 1.29 is 14.6 Å². The molecule has 0 aliphatic rings. The molecule has 5 N–H and O–H groups in total. The van der Waals surface area contributed by atoms with Crippen LogP contribution in [0.3, 0.4) is 0 Å². The molecule has 2 atom stereocenters. The molecule has 5 nitrogen and oxygen atoms in total. The fraction of sp³-hybridized carbons (Fsp3) is 0.417. The molecule has 0 saturated carbocycles. The zero-order valence-corrected chi connectivity index (χ0v) is 9.80. The lowest BCUT2D eigenvalue weighted by molar-refractivity contribution is -0.136. The van der Waals surface area contributed by atoms with Gasteiger partial charge in [-0.25, -0.2) is 4.79 Å². The van der Waals surface area contributed by atoms with E-state index in [1.54, 1.807) is 12.1 Å². The van der Waals surface area contributed by atoms with Gasteiger partial charge in [-0.15, -0.1) is 0 Å². The van der Waals surface area contributed by atoms with Gasteiger partial charge in [0.25, 0.3) is 0 Å². The zero-order valence-electron chi connectivity index (χ0n) is 9.80. The van der Waals surface area contributed by atoms with Crippen molar-refractivity contribution in [1.82, 2.24) is 0 Å². The fourth-order valence-electron chi connectivity index (χ4n) is 1.33.